The minimum Gasteiger partial charge on any atom is -0.462 e. The molecule has 0 aliphatic carbocycles. The van der Waals surface area contributed by atoms with Gasteiger partial charge in [0.05, 0.1) is 26.4 Å². The lowest BCUT2D eigenvalue weighted by Gasteiger charge is -2.21. The van der Waals surface area contributed by atoms with Gasteiger partial charge >= 0.3 is 39.5 Å². The maximum Gasteiger partial charge on any atom is 0.472 e. The van der Waals surface area contributed by atoms with E-state index in [2.05, 4.69) is 55.4 Å². The third-order valence-electron chi connectivity index (χ3n) is 19.4. The van der Waals surface area contributed by atoms with Crippen molar-refractivity contribution >= 4 is 39.5 Å². The zero-order chi connectivity index (χ0) is 72.4. The molecule has 98 heavy (non-hydrogen) atoms. The Labute approximate surface area is 600 Å². The van der Waals surface area contributed by atoms with Gasteiger partial charge in [-0.15, -0.1) is 0 Å². The Morgan fingerprint density at radius 1 is 0.286 bits per heavy atom. The van der Waals surface area contributed by atoms with Gasteiger partial charge in [-0.3, -0.25) is 37.3 Å². The Morgan fingerprint density at radius 3 is 0.724 bits per heavy atom. The van der Waals surface area contributed by atoms with Crippen LogP contribution in [-0.4, -0.2) is 96.7 Å². The summed E-state index contributed by atoms with van der Waals surface area (Å²) < 4.78 is 68.6. The van der Waals surface area contributed by atoms with Crippen LogP contribution >= 0.6 is 15.6 Å². The van der Waals surface area contributed by atoms with Crippen LogP contribution in [0.25, 0.3) is 0 Å². The highest BCUT2D eigenvalue weighted by molar-refractivity contribution is 7.47. The number of ether oxygens (including phenoxy) is 4. The summed E-state index contributed by atoms with van der Waals surface area (Å²) in [4.78, 5) is 72.9. The summed E-state index contributed by atoms with van der Waals surface area (Å²) in [6, 6.07) is 0. The molecule has 0 saturated heterocycles. The molecule has 0 rings (SSSR count). The lowest BCUT2D eigenvalue weighted by Crippen LogP contribution is -2.30. The van der Waals surface area contributed by atoms with Crippen LogP contribution in [0, 0.1) is 23.7 Å². The second kappa shape index (κ2) is 68.2. The minimum absolute atomic E-state index is 0.106. The molecule has 3 N–H and O–H groups in total. The van der Waals surface area contributed by atoms with Crippen molar-refractivity contribution in [3.63, 3.8) is 0 Å². The summed E-state index contributed by atoms with van der Waals surface area (Å²) in [6.07, 6.45) is 54.0. The van der Waals surface area contributed by atoms with Crippen molar-refractivity contribution in [3.8, 4) is 0 Å². The van der Waals surface area contributed by atoms with E-state index in [-0.39, 0.29) is 25.7 Å². The predicted octanol–water partition coefficient (Wildman–Crippen LogP) is 23.2. The number of unbranched alkanes of at least 4 members (excludes halogenated alkanes) is 39. The second-order valence-electron chi connectivity index (χ2n) is 29.7. The van der Waals surface area contributed by atoms with E-state index in [0.717, 1.165) is 120 Å². The molecule has 0 aromatic carbocycles. The summed E-state index contributed by atoms with van der Waals surface area (Å²) in [5, 5.41) is 10.6. The maximum atomic E-state index is 13.1. The van der Waals surface area contributed by atoms with Crippen molar-refractivity contribution in [3.05, 3.63) is 0 Å². The van der Waals surface area contributed by atoms with E-state index in [4.69, 9.17) is 37.0 Å². The molecule has 582 valence electrons. The highest BCUT2D eigenvalue weighted by Gasteiger charge is 2.30. The molecule has 0 heterocycles. The number of carbonyl (C=O) groups excluding carboxylic acids is 4. The quantitative estimate of drug-likeness (QED) is 0.0222. The average Bonchev–Trinajstić information content (AvgIpc) is 0.933. The zero-order valence-corrected chi connectivity index (χ0v) is 66.2. The van der Waals surface area contributed by atoms with E-state index in [1.807, 2.05) is 0 Å². The number of aliphatic hydroxyl groups excluding tert-OH is 1. The third-order valence-corrected chi connectivity index (χ3v) is 21.3. The number of rotatable bonds is 76. The van der Waals surface area contributed by atoms with Gasteiger partial charge in [-0.1, -0.05) is 351 Å². The predicted molar refractivity (Wildman–Crippen MR) is 400 cm³/mol. The molecule has 19 heteroatoms. The summed E-state index contributed by atoms with van der Waals surface area (Å²) in [7, 11) is -9.92. The minimum atomic E-state index is -4.96. The van der Waals surface area contributed by atoms with Crippen LogP contribution in [0.3, 0.4) is 0 Å². The molecule has 0 aliphatic heterocycles. The lowest BCUT2D eigenvalue weighted by atomic mass is 9.99. The first-order valence-corrected chi connectivity index (χ1v) is 43.8. The Bertz CT molecular complexity index is 1930. The van der Waals surface area contributed by atoms with Gasteiger partial charge < -0.3 is 33.8 Å². The first-order valence-electron chi connectivity index (χ1n) is 40.8. The van der Waals surface area contributed by atoms with Gasteiger partial charge in [-0.25, -0.2) is 9.13 Å². The number of phosphoric acid groups is 2. The van der Waals surface area contributed by atoms with E-state index in [1.165, 1.54) is 199 Å². The van der Waals surface area contributed by atoms with Crippen LogP contribution in [0.15, 0.2) is 0 Å². The molecule has 0 amide bonds. The molecule has 0 spiro atoms. The smallest absolute Gasteiger partial charge is 0.462 e. The van der Waals surface area contributed by atoms with E-state index in [0.29, 0.717) is 25.7 Å². The van der Waals surface area contributed by atoms with Gasteiger partial charge in [-0.2, -0.15) is 0 Å². The SMILES string of the molecule is CCC(C)CCCCCCCCCCCCCCCCC(=O)O[C@H](COC(=O)CCCCCCCCCCCC(C)C)COP(=O)(O)OC[C@@H](O)COP(=O)(O)OC[C@@H](COC(=O)CCCCCCCCC(C)CC)OC(=O)CCCCCCCCCCCCCCCCC(C)CC. The van der Waals surface area contributed by atoms with Crippen molar-refractivity contribution in [2.24, 2.45) is 23.7 Å². The Kier molecular flexibility index (Phi) is 66.8. The van der Waals surface area contributed by atoms with E-state index >= 15 is 0 Å². The molecule has 8 atom stereocenters. The monoisotopic (exact) mass is 1440 g/mol. The largest absolute Gasteiger partial charge is 0.472 e. The fraction of sp³-hybridized carbons (Fsp3) is 0.949. The molecule has 0 aromatic rings. The molecule has 0 aromatic heterocycles. The van der Waals surface area contributed by atoms with Crippen LogP contribution in [0.4, 0.5) is 0 Å². The van der Waals surface area contributed by atoms with Crippen molar-refractivity contribution in [1.29, 1.82) is 0 Å². The van der Waals surface area contributed by atoms with Gasteiger partial charge in [0.1, 0.15) is 19.3 Å². The van der Waals surface area contributed by atoms with Crippen LogP contribution in [0.2, 0.25) is 0 Å². The molecule has 0 saturated carbocycles. The van der Waals surface area contributed by atoms with Crippen LogP contribution in [0.5, 0.6) is 0 Å². The molecule has 0 radical (unpaired) electrons. The van der Waals surface area contributed by atoms with Crippen molar-refractivity contribution in [2.45, 2.75) is 420 Å². The van der Waals surface area contributed by atoms with Crippen LogP contribution in [-0.2, 0) is 65.4 Å². The maximum absolute atomic E-state index is 13.1. The number of carbonyl (C=O) groups is 4. The molecule has 0 aliphatic rings. The zero-order valence-electron chi connectivity index (χ0n) is 64.4. The number of hydrogen-bond acceptors (Lipinski definition) is 15. The summed E-state index contributed by atoms with van der Waals surface area (Å²) in [5.41, 5.74) is 0. The number of esters is 4. The first-order chi connectivity index (χ1) is 47.2. The van der Waals surface area contributed by atoms with Crippen LogP contribution in [0.1, 0.15) is 402 Å². The number of hydrogen-bond donors (Lipinski definition) is 3. The third kappa shape index (κ3) is 68.5. The molecule has 0 fully saturated rings. The molecular weight excluding hydrogens is 1280 g/mol. The highest BCUT2D eigenvalue weighted by atomic mass is 31.2. The number of phosphoric ester groups is 2. The van der Waals surface area contributed by atoms with E-state index in [9.17, 15) is 43.2 Å². The van der Waals surface area contributed by atoms with Gasteiger partial charge in [0.15, 0.2) is 12.2 Å². The fourth-order valence-electron chi connectivity index (χ4n) is 12.0. The van der Waals surface area contributed by atoms with E-state index < -0.39 is 97.5 Å². The van der Waals surface area contributed by atoms with Gasteiger partial charge in [0.25, 0.3) is 0 Å². The highest BCUT2D eigenvalue weighted by Crippen LogP contribution is 2.45. The Balaban J connectivity index is 5.24. The van der Waals surface area contributed by atoms with Gasteiger partial charge in [-0.05, 0) is 49.4 Å². The summed E-state index contributed by atoms with van der Waals surface area (Å²) in [6.45, 7) is 14.3. The standard InChI is InChI=1S/C79H154O17P2/c1-9-70(6)56-48-40-32-26-20-16-12-14-18-22-28-35-45-53-61-78(83)95-74(65-89-76(81)59-51-43-34-30-24-25-31-39-47-55-69(4)5)67-93-97(85,86)91-63-73(80)64-92-98(87,88)94-68-75(66-90-77(82)60-52-44-38-37-42-50-58-72(8)11-3)96-79(84)62-54-46-36-29-23-19-15-13-17-21-27-33-41-49-57-71(7)10-2/h69-75,80H,9-68H2,1-8H3,(H,85,86)(H,87,88)/t70?,71?,72?,73-,74-,75-/m1/s1. The molecular formula is C79H154O17P2. The second-order valence-corrected chi connectivity index (χ2v) is 32.6. The first kappa shape index (κ1) is 96.1. The fourth-order valence-corrected chi connectivity index (χ4v) is 13.6. The van der Waals surface area contributed by atoms with Crippen molar-refractivity contribution < 1.29 is 80.2 Å². The Hall–Kier alpha value is -1.94. The lowest BCUT2D eigenvalue weighted by molar-refractivity contribution is -0.161. The van der Waals surface area contributed by atoms with Crippen molar-refractivity contribution in [1.82, 2.24) is 0 Å². The molecule has 0 bridgehead atoms. The molecule has 5 unspecified atom stereocenters. The van der Waals surface area contributed by atoms with Crippen molar-refractivity contribution in [2.75, 3.05) is 39.6 Å². The summed E-state index contributed by atoms with van der Waals surface area (Å²) in [5.74, 6) is 1.05. The Morgan fingerprint density at radius 2 is 0.490 bits per heavy atom. The van der Waals surface area contributed by atoms with Crippen LogP contribution < -0.4 is 0 Å². The normalized spacial score (nSPS) is 14.9. The number of aliphatic hydroxyl groups is 1. The molecule has 17 nitrogen and oxygen atoms in total. The topological polar surface area (TPSA) is 237 Å². The average molecular weight is 1440 g/mol. The summed E-state index contributed by atoms with van der Waals surface area (Å²) >= 11 is 0. The van der Waals surface area contributed by atoms with Gasteiger partial charge in [0, 0.05) is 25.7 Å². The van der Waals surface area contributed by atoms with E-state index in [1.54, 1.807) is 0 Å². The van der Waals surface area contributed by atoms with Gasteiger partial charge in [0.2, 0.25) is 0 Å².